The second-order valence-corrected chi connectivity index (χ2v) is 10.3. The number of amides is 2. The molecule has 0 radical (unpaired) electrons. The van der Waals surface area contributed by atoms with Gasteiger partial charge >= 0.3 is 6.09 Å². The van der Waals surface area contributed by atoms with Crippen molar-refractivity contribution in [1.29, 1.82) is 0 Å². The van der Waals surface area contributed by atoms with Gasteiger partial charge in [0.25, 0.3) is 0 Å². The van der Waals surface area contributed by atoms with Gasteiger partial charge in [-0.25, -0.2) is 4.79 Å². The first-order valence-corrected chi connectivity index (χ1v) is 11.6. The number of hydrogen-bond donors (Lipinski definition) is 0. The van der Waals surface area contributed by atoms with Crippen LogP contribution in [0.3, 0.4) is 0 Å². The van der Waals surface area contributed by atoms with E-state index in [-0.39, 0.29) is 12.0 Å². The number of nitrogens with zero attached hydrogens (tertiary/aromatic N) is 3. The van der Waals surface area contributed by atoms with Gasteiger partial charge in [-0.1, -0.05) is 6.07 Å². The minimum absolute atomic E-state index is 0.118. The summed E-state index contributed by atoms with van der Waals surface area (Å²) in [6.45, 7) is 7.92. The van der Waals surface area contributed by atoms with Gasteiger partial charge < -0.3 is 14.5 Å². The summed E-state index contributed by atoms with van der Waals surface area (Å²) in [6, 6.07) is 4.17. The molecule has 4 rings (SSSR count). The summed E-state index contributed by atoms with van der Waals surface area (Å²) in [6.07, 6.45) is 7.22. The highest BCUT2D eigenvalue weighted by Crippen LogP contribution is 2.38. The maximum Gasteiger partial charge on any atom is 0.410 e. The van der Waals surface area contributed by atoms with Crippen molar-refractivity contribution in [1.82, 2.24) is 14.8 Å². The first kappa shape index (κ1) is 21.8. The van der Waals surface area contributed by atoms with Crippen LogP contribution in [0.15, 0.2) is 23.9 Å². The number of carbonyl (C=O) groups is 2. The van der Waals surface area contributed by atoms with E-state index >= 15 is 0 Å². The molecule has 0 aromatic carbocycles. The summed E-state index contributed by atoms with van der Waals surface area (Å²) in [7, 11) is 1.80. The van der Waals surface area contributed by atoms with Crippen molar-refractivity contribution >= 4 is 17.6 Å². The fourth-order valence-corrected chi connectivity index (χ4v) is 5.21. The van der Waals surface area contributed by atoms with Crippen LogP contribution in [0.1, 0.15) is 64.1 Å². The minimum Gasteiger partial charge on any atom is -0.444 e. The van der Waals surface area contributed by atoms with Crippen molar-refractivity contribution in [2.24, 2.45) is 11.8 Å². The molecule has 168 valence electrons. The zero-order valence-corrected chi connectivity index (χ0v) is 19.3. The van der Waals surface area contributed by atoms with Gasteiger partial charge in [0.1, 0.15) is 5.60 Å². The lowest BCUT2D eigenvalue weighted by atomic mass is 9.81. The van der Waals surface area contributed by atoms with Gasteiger partial charge in [-0.15, -0.1) is 0 Å². The molecule has 1 aromatic rings. The van der Waals surface area contributed by atoms with Gasteiger partial charge in [0, 0.05) is 45.2 Å². The number of fused-ring (bicyclic) bond motifs is 2. The SMILES string of the molecule is CN(CC1CCC(C(=O)N2CCC3=C(Cc4ncccc43)C2)CC1)C(=O)OC(C)(C)C. The monoisotopic (exact) mass is 425 g/mol. The molecule has 0 bridgehead atoms. The number of aromatic nitrogens is 1. The molecule has 0 atom stereocenters. The maximum absolute atomic E-state index is 13.2. The second-order valence-electron chi connectivity index (χ2n) is 10.3. The molecule has 0 N–H and O–H groups in total. The predicted octanol–water partition coefficient (Wildman–Crippen LogP) is 4.30. The molecule has 2 amide bonds. The van der Waals surface area contributed by atoms with E-state index in [1.807, 2.05) is 33.0 Å². The smallest absolute Gasteiger partial charge is 0.410 e. The van der Waals surface area contributed by atoms with Crippen LogP contribution in [-0.4, -0.2) is 59.1 Å². The second kappa shape index (κ2) is 8.64. The molecular weight excluding hydrogens is 390 g/mol. The molecule has 3 aliphatic rings. The van der Waals surface area contributed by atoms with E-state index in [1.54, 1.807) is 11.9 Å². The van der Waals surface area contributed by atoms with Crippen LogP contribution in [0.4, 0.5) is 4.79 Å². The number of rotatable bonds is 3. The molecule has 1 aromatic heterocycles. The summed E-state index contributed by atoms with van der Waals surface area (Å²) in [5.74, 6) is 0.870. The lowest BCUT2D eigenvalue weighted by Gasteiger charge is -2.35. The van der Waals surface area contributed by atoms with E-state index in [1.165, 1.54) is 16.7 Å². The van der Waals surface area contributed by atoms with Gasteiger partial charge in [-0.2, -0.15) is 0 Å². The third-order valence-corrected chi connectivity index (χ3v) is 6.78. The Labute approximate surface area is 185 Å². The zero-order chi connectivity index (χ0) is 22.2. The van der Waals surface area contributed by atoms with Crippen molar-refractivity contribution in [3.8, 4) is 0 Å². The molecule has 0 saturated heterocycles. The summed E-state index contributed by atoms with van der Waals surface area (Å²) >= 11 is 0. The average Bonchev–Trinajstić information content (AvgIpc) is 3.10. The first-order valence-electron chi connectivity index (χ1n) is 11.6. The van der Waals surface area contributed by atoms with Crippen LogP contribution in [0.25, 0.3) is 5.57 Å². The van der Waals surface area contributed by atoms with Crippen LogP contribution in [0.2, 0.25) is 0 Å². The molecule has 6 heteroatoms. The van der Waals surface area contributed by atoms with E-state index in [4.69, 9.17) is 4.74 Å². The quantitative estimate of drug-likeness (QED) is 0.724. The molecule has 1 fully saturated rings. The topological polar surface area (TPSA) is 62.7 Å². The Kier molecular flexibility index (Phi) is 6.09. The first-order chi connectivity index (χ1) is 14.7. The molecule has 1 saturated carbocycles. The molecule has 1 aliphatic heterocycles. The molecule has 0 unspecified atom stereocenters. The van der Waals surface area contributed by atoms with Gasteiger partial charge in [0.2, 0.25) is 5.91 Å². The van der Waals surface area contributed by atoms with Crippen molar-refractivity contribution in [2.75, 3.05) is 26.7 Å². The lowest BCUT2D eigenvalue weighted by Crippen LogP contribution is -2.42. The molecule has 6 nitrogen and oxygen atoms in total. The largest absolute Gasteiger partial charge is 0.444 e. The third-order valence-electron chi connectivity index (χ3n) is 6.78. The fraction of sp³-hybridized carbons (Fsp3) is 0.640. The van der Waals surface area contributed by atoms with Crippen molar-refractivity contribution in [2.45, 2.75) is 64.9 Å². The van der Waals surface area contributed by atoms with Gasteiger partial charge in [0.15, 0.2) is 0 Å². The molecule has 2 heterocycles. The normalized spacial score (nSPS) is 23.3. The molecule has 0 spiro atoms. The van der Waals surface area contributed by atoms with Crippen LogP contribution in [-0.2, 0) is 16.0 Å². The van der Waals surface area contributed by atoms with Crippen LogP contribution in [0, 0.1) is 11.8 Å². The fourth-order valence-electron chi connectivity index (χ4n) is 5.21. The van der Waals surface area contributed by atoms with Gasteiger partial charge in [-0.3, -0.25) is 9.78 Å². The number of hydrogen-bond acceptors (Lipinski definition) is 4. The van der Waals surface area contributed by atoms with Gasteiger partial charge in [-0.05, 0) is 81.6 Å². The van der Waals surface area contributed by atoms with E-state index in [2.05, 4.69) is 16.0 Å². The molecular formula is C25H35N3O3. The number of ether oxygens (including phenoxy) is 1. The van der Waals surface area contributed by atoms with E-state index in [0.29, 0.717) is 18.4 Å². The van der Waals surface area contributed by atoms with E-state index < -0.39 is 5.60 Å². The molecule has 31 heavy (non-hydrogen) atoms. The standard InChI is InChI=1S/C25H35N3O3/c1-25(2,3)31-24(30)27(4)15-17-7-9-18(10-8-17)23(29)28-13-11-20-19(16-28)14-22-21(20)6-5-12-26-22/h5-6,12,17-18H,7-11,13-16H2,1-4H3. The number of carbonyl (C=O) groups excluding carboxylic acids is 2. The summed E-state index contributed by atoms with van der Waals surface area (Å²) in [5, 5.41) is 0. The van der Waals surface area contributed by atoms with Crippen molar-refractivity contribution in [3.05, 3.63) is 35.2 Å². The third kappa shape index (κ3) is 4.94. The number of pyridine rings is 1. The highest BCUT2D eigenvalue weighted by Gasteiger charge is 2.34. The van der Waals surface area contributed by atoms with Crippen LogP contribution in [0.5, 0.6) is 0 Å². The lowest BCUT2D eigenvalue weighted by molar-refractivity contribution is -0.136. The Hall–Kier alpha value is -2.37. The predicted molar refractivity (Wildman–Crippen MR) is 120 cm³/mol. The average molecular weight is 426 g/mol. The summed E-state index contributed by atoms with van der Waals surface area (Å²) < 4.78 is 5.45. The van der Waals surface area contributed by atoms with Crippen molar-refractivity contribution in [3.63, 3.8) is 0 Å². The summed E-state index contributed by atoms with van der Waals surface area (Å²) in [5.41, 5.74) is 4.77. The Balaban J connectivity index is 1.26. The maximum atomic E-state index is 13.2. The Morgan fingerprint density at radius 1 is 1.23 bits per heavy atom. The summed E-state index contributed by atoms with van der Waals surface area (Å²) in [4.78, 5) is 33.7. The zero-order valence-electron chi connectivity index (χ0n) is 19.3. The molecule has 2 aliphatic carbocycles. The highest BCUT2D eigenvalue weighted by molar-refractivity contribution is 5.83. The minimum atomic E-state index is -0.476. The van der Waals surface area contributed by atoms with Crippen molar-refractivity contribution < 1.29 is 14.3 Å². The highest BCUT2D eigenvalue weighted by atomic mass is 16.6. The Morgan fingerprint density at radius 3 is 2.68 bits per heavy atom. The van der Waals surface area contributed by atoms with Gasteiger partial charge in [0.05, 0.1) is 5.69 Å². The van der Waals surface area contributed by atoms with Crippen LogP contribution >= 0.6 is 0 Å². The Morgan fingerprint density at radius 2 is 1.97 bits per heavy atom. The Bertz CT molecular complexity index is 878. The van der Waals surface area contributed by atoms with E-state index in [9.17, 15) is 9.59 Å². The van der Waals surface area contributed by atoms with Crippen LogP contribution < -0.4 is 0 Å². The van der Waals surface area contributed by atoms with E-state index in [0.717, 1.165) is 57.3 Å².